The van der Waals surface area contributed by atoms with Gasteiger partial charge in [0.15, 0.2) is 6.17 Å². The number of amides is 2. The Kier molecular flexibility index (Phi) is 6.16. The number of carbonyl (C=O) groups excluding carboxylic acids is 2. The van der Waals surface area contributed by atoms with Crippen LogP contribution in [-0.4, -0.2) is 54.0 Å². The van der Waals surface area contributed by atoms with Gasteiger partial charge in [-0.25, -0.2) is 8.78 Å². The van der Waals surface area contributed by atoms with Gasteiger partial charge in [-0.15, -0.1) is 0 Å². The van der Waals surface area contributed by atoms with Crippen molar-refractivity contribution in [2.45, 2.75) is 19.0 Å². The zero-order valence-corrected chi connectivity index (χ0v) is 15.0. The molecule has 6 heteroatoms. The fourth-order valence-electron chi connectivity index (χ4n) is 3.22. The molecular weight excluding hydrogens is 350 g/mol. The highest BCUT2D eigenvalue weighted by Crippen LogP contribution is 2.14. The van der Waals surface area contributed by atoms with Gasteiger partial charge < -0.3 is 9.80 Å². The lowest BCUT2D eigenvalue weighted by Gasteiger charge is -2.23. The average Bonchev–Trinajstić information content (AvgIpc) is 2.94. The van der Waals surface area contributed by atoms with Gasteiger partial charge in [-0.1, -0.05) is 30.3 Å². The van der Waals surface area contributed by atoms with Crippen molar-refractivity contribution in [2.75, 3.05) is 26.2 Å². The van der Waals surface area contributed by atoms with E-state index < -0.39 is 17.9 Å². The van der Waals surface area contributed by atoms with Crippen LogP contribution in [0.4, 0.5) is 8.78 Å². The van der Waals surface area contributed by atoms with Crippen LogP contribution in [-0.2, 0) is 11.2 Å². The summed E-state index contributed by atoms with van der Waals surface area (Å²) in [5.74, 6) is -1.13. The van der Waals surface area contributed by atoms with Crippen LogP contribution in [0.2, 0.25) is 0 Å². The predicted octanol–water partition coefficient (Wildman–Crippen LogP) is 3.08. The maximum atomic E-state index is 14.5. The zero-order valence-electron chi connectivity index (χ0n) is 15.0. The van der Waals surface area contributed by atoms with Crippen molar-refractivity contribution in [3.8, 4) is 0 Å². The Morgan fingerprint density at radius 1 is 0.889 bits per heavy atom. The molecule has 27 heavy (non-hydrogen) atoms. The van der Waals surface area contributed by atoms with Gasteiger partial charge in [-0.2, -0.15) is 0 Å². The first-order chi connectivity index (χ1) is 13.0. The van der Waals surface area contributed by atoms with Crippen LogP contribution in [0, 0.1) is 5.82 Å². The fraction of sp³-hybridized carbons (Fsp3) is 0.333. The first-order valence-corrected chi connectivity index (χ1v) is 9.06. The maximum Gasteiger partial charge on any atom is 0.257 e. The normalized spacial score (nSPS) is 15.9. The number of hydrogen-bond donors (Lipinski definition) is 0. The minimum Gasteiger partial charge on any atom is -0.338 e. The molecule has 1 aliphatic heterocycles. The summed E-state index contributed by atoms with van der Waals surface area (Å²) in [5, 5.41) is 0. The molecule has 2 amide bonds. The van der Waals surface area contributed by atoms with Crippen LogP contribution in [0.3, 0.4) is 0 Å². The van der Waals surface area contributed by atoms with E-state index >= 15 is 0 Å². The van der Waals surface area contributed by atoms with Crippen LogP contribution in [0.1, 0.15) is 22.3 Å². The van der Waals surface area contributed by atoms with Gasteiger partial charge in [0.2, 0.25) is 0 Å². The van der Waals surface area contributed by atoms with Crippen molar-refractivity contribution in [2.24, 2.45) is 0 Å². The minimum absolute atomic E-state index is 0.0500. The Balaban J connectivity index is 1.58. The summed E-state index contributed by atoms with van der Waals surface area (Å²) >= 11 is 0. The van der Waals surface area contributed by atoms with E-state index in [1.807, 2.05) is 18.2 Å². The molecule has 2 aromatic carbocycles. The van der Waals surface area contributed by atoms with Gasteiger partial charge in [0.05, 0.1) is 0 Å². The Morgan fingerprint density at radius 2 is 1.52 bits per heavy atom. The minimum atomic E-state index is -1.59. The Hall–Kier alpha value is -2.76. The van der Waals surface area contributed by atoms with Crippen LogP contribution >= 0.6 is 0 Å². The van der Waals surface area contributed by atoms with E-state index in [2.05, 4.69) is 0 Å². The molecule has 1 unspecified atom stereocenters. The lowest BCUT2D eigenvalue weighted by Crippen LogP contribution is -2.41. The molecule has 3 rings (SSSR count). The van der Waals surface area contributed by atoms with Crippen molar-refractivity contribution >= 4 is 11.8 Å². The molecule has 2 aromatic rings. The maximum absolute atomic E-state index is 14.5. The smallest absolute Gasteiger partial charge is 0.257 e. The first kappa shape index (κ1) is 19.0. The summed E-state index contributed by atoms with van der Waals surface area (Å²) in [6.07, 6.45) is -0.961. The molecular formula is C21H22F2N2O2. The molecule has 4 nitrogen and oxygen atoms in total. The lowest BCUT2D eigenvalue weighted by molar-refractivity contribution is -0.136. The fourth-order valence-corrected chi connectivity index (χ4v) is 3.22. The van der Waals surface area contributed by atoms with E-state index in [1.54, 1.807) is 17.0 Å². The molecule has 0 spiro atoms. The van der Waals surface area contributed by atoms with Crippen molar-refractivity contribution < 1.29 is 18.4 Å². The van der Waals surface area contributed by atoms with Crippen LogP contribution in [0.15, 0.2) is 54.6 Å². The van der Waals surface area contributed by atoms with E-state index in [1.165, 1.54) is 29.2 Å². The third kappa shape index (κ3) is 4.90. The number of halogens is 2. The second-order valence-electron chi connectivity index (χ2n) is 6.64. The third-order valence-electron chi connectivity index (χ3n) is 4.71. The second-order valence-corrected chi connectivity index (χ2v) is 6.64. The summed E-state index contributed by atoms with van der Waals surface area (Å²) < 4.78 is 27.5. The van der Waals surface area contributed by atoms with Crippen molar-refractivity contribution in [3.63, 3.8) is 0 Å². The molecule has 0 aliphatic carbocycles. The highest BCUT2D eigenvalue weighted by molar-refractivity contribution is 5.94. The van der Waals surface area contributed by atoms with Gasteiger partial charge in [-0.05, 0) is 36.2 Å². The van der Waals surface area contributed by atoms with E-state index in [4.69, 9.17) is 0 Å². The second kappa shape index (κ2) is 8.75. The largest absolute Gasteiger partial charge is 0.338 e. The van der Waals surface area contributed by atoms with E-state index in [0.29, 0.717) is 38.2 Å². The van der Waals surface area contributed by atoms with Gasteiger partial charge in [-0.3, -0.25) is 9.59 Å². The van der Waals surface area contributed by atoms with Gasteiger partial charge >= 0.3 is 0 Å². The monoisotopic (exact) mass is 372 g/mol. The molecule has 1 aliphatic rings. The molecule has 1 atom stereocenters. The standard InChI is InChI=1S/C21H22F2N2O2/c22-18-9-7-17(8-10-18)20(26)24-11-4-12-25(14-13-24)21(27)19(23)15-16-5-2-1-3-6-16/h1-3,5-10,19H,4,11-15H2. The Morgan fingerprint density at radius 3 is 2.22 bits per heavy atom. The highest BCUT2D eigenvalue weighted by Gasteiger charge is 2.27. The molecule has 0 radical (unpaired) electrons. The predicted molar refractivity (Wildman–Crippen MR) is 98.5 cm³/mol. The van der Waals surface area contributed by atoms with Crippen LogP contribution in [0.5, 0.6) is 0 Å². The molecule has 1 saturated heterocycles. The summed E-state index contributed by atoms with van der Waals surface area (Å²) in [4.78, 5) is 28.1. The molecule has 142 valence electrons. The molecule has 1 heterocycles. The molecule has 1 fully saturated rings. The van der Waals surface area contributed by atoms with Gasteiger partial charge in [0, 0.05) is 38.2 Å². The van der Waals surface area contributed by atoms with Crippen molar-refractivity contribution in [3.05, 3.63) is 71.5 Å². The molecule has 0 saturated carbocycles. The Bertz CT molecular complexity index is 781. The van der Waals surface area contributed by atoms with Gasteiger partial charge in [0.1, 0.15) is 5.82 Å². The summed E-state index contributed by atoms with van der Waals surface area (Å²) in [5.41, 5.74) is 1.19. The average molecular weight is 372 g/mol. The van der Waals surface area contributed by atoms with Crippen molar-refractivity contribution in [1.29, 1.82) is 0 Å². The van der Waals surface area contributed by atoms with E-state index in [0.717, 1.165) is 5.56 Å². The van der Waals surface area contributed by atoms with Crippen LogP contribution < -0.4 is 0 Å². The summed E-state index contributed by atoms with van der Waals surface area (Å²) in [6, 6.07) is 14.5. The molecule has 0 N–H and O–H groups in total. The topological polar surface area (TPSA) is 40.6 Å². The Labute approximate surface area is 157 Å². The lowest BCUT2D eigenvalue weighted by atomic mass is 10.1. The molecule has 0 bridgehead atoms. The number of benzene rings is 2. The summed E-state index contributed by atoms with van der Waals surface area (Å²) in [6.45, 7) is 1.53. The van der Waals surface area contributed by atoms with Gasteiger partial charge in [0.25, 0.3) is 11.8 Å². The quantitative estimate of drug-likeness (QED) is 0.828. The zero-order chi connectivity index (χ0) is 19.2. The number of alkyl halides is 1. The SMILES string of the molecule is O=C(c1ccc(F)cc1)N1CCCN(C(=O)C(F)Cc2ccccc2)CC1. The summed E-state index contributed by atoms with van der Waals surface area (Å²) in [7, 11) is 0. The first-order valence-electron chi connectivity index (χ1n) is 9.06. The molecule has 0 aromatic heterocycles. The number of hydrogen-bond acceptors (Lipinski definition) is 2. The highest BCUT2D eigenvalue weighted by atomic mass is 19.1. The van der Waals surface area contributed by atoms with E-state index in [9.17, 15) is 18.4 Å². The number of nitrogens with zero attached hydrogens (tertiary/aromatic N) is 2. The van der Waals surface area contributed by atoms with Crippen molar-refractivity contribution in [1.82, 2.24) is 9.80 Å². The number of carbonyl (C=O) groups is 2. The number of rotatable bonds is 4. The van der Waals surface area contributed by atoms with E-state index in [-0.39, 0.29) is 12.3 Å². The third-order valence-corrected chi connectivity index (χ3v) is 4.71. The van der Waals surface area contributed by atoms with Crippen LogP contribution in [0.25, 0.3) is 0 Å².